The number of hydrogen-bond donors (Lipinski definition) is 1. The van der Waals surface area contributed by atoms with E-state index in [0.717, 1.165) is 23.2 Å². The van der Waals surface area contributed by atoms with Gasteiger partial charge in [0.2, 0.25) is 0 Å². The summed E-state index contributed by atoms with van der Waals surface area (Å²) in [4.78, 5) is 1.99. The number of aromatic hydroxyl groups is 1. The van der Waals surface area contributed by atoms with E-state index in [4.69, 9.17) is 0 Å². The lowest BCUT2D eigenvalue weighted by atomic mass is 10.2. The molecule has 0 amide bonds. The quantitative estimate of drug-likeness (QED) is 0.739. The molecule has 4 rings (SSSR count). The first-order valence-corrected chi connectivity index (χ1v) is 9.78. The summed E-state index contributed by atoms with van der Waals surface area (Å²) in [6.45, 7) is 0.859. The molecule has 0 saturated carbocycles. The van der Waals surface area contributed by atoms with Crippen LogP contribution in [0.2, 0.25) is 0 Å². The molecule has 0 atom stereocenters. The van der Waals surface area contributed by atoms with Crippen LogP contribution in [0.4, 0.5) is 14.5 Å². The number of rotatable bonds is 2. The first kappa shape index (κ1) is 16.8. The van der Waals surface area contributed by atoms with Gasteiger partial charge in [0.25, 0.3) is 0 Å². The number of sulfone groups is 1. The number of hydrogen-bond acceptors (Lipinski definition) is 5. The van der Waals surface area contributed by atoms with Gasteiger partial charge in [-0.3, -0.25) is 0 Å². The predicted octanol–water partition coefficient (Wildman–Crippen LogP) is 2.24. The zero-order valence-electron chi connectivity index (χ0n) is 13.6. The number of nitrogens with zero attached hydrogens (tertiary/aromatic N) is 3. The molecule has 26 heavy (non-hydrogen) atoms. The molecule has 0 unspecified atom stereocenters. The van der Waals surface area contributed by atoms with E-state index in [0.29, 0.717) is 18.6 Å². The van der Waals surface area contributed by atoms with Gasteiger partial charge >= 0.3 is 0 Å². The minimum atomic E-state index is -2.96. The molecular weight excluding hydrogens is 364 g/mol. The smallest absolute Gasteiger partial charge is 0.200 e. The maximum absolute atomic E-state index is 13.6. The summed E-state index contributed by atoms with van der Waals surface area (Å²) in [5, 5.41) is 14.4. The summed E-state index contributed by atoms with van der Waals surface area (Å²) in [6.07, 6.45) is 1.58. The topological polar surface area (TPSA) is 75.4 Å². The molecule has 1 N–H and O–H groups in total. The van der Waals surface area contributed by atoms with Crippen molar-refractivity contribution < 1.29 is 22.3 Å². The van der Waals surface area contributed by atoms with Gasteiger partial charge in [-0.2, -0.15) is 9.49 Å². The Balaban J connectivity index is 1.70. The summed E-state index contributed by atoms with van der Waals surface area (Å²) in [5.41, 5.74) is 1.73. The molecule has 136 valence electrons. The molecule has 0 bridgehead atoms. The van der Waals surface area contributed by atoms with Crippen LogP contribution in [0.5, 0.6) is 5.75 Å². The van der Waals surface area contributed by atoms with Crippen molar-refractivity contribution in [1.82, 2.24) is 9.78 Å². The molecule has 0 aliphatic carbocycles. The molecule has 9 heteroatoms. The van der Waals surface area contributed by atoms with Crippen molar-refractivity contribution in [2.45, 2.75) is 0 Å². The van der Waals surface area contributed by atoms with Crippen molar-refractivity contribution in [1.29, 1.82) is 0 Å². The minimum absolute atomic E-state index is 0.123. The number of phenolic OH excluding ortho intramolecular Hbond substituents is 1. The second kappa shape index (κ2) is 5.94. The van der Waals surface area contributed by atoms with Crippen molar-refractivity contribution >= 4 is 26.4 Å². The van der Waals surface area contributed by atoms with E-state index in [1.807, 2.05) is 17.0 Å². The number of halogens is 2. The van der Waals surface area contributed by atoms with E-state index >= 15 is 0 Å². The highest BCUT2D eigenvalue weighted by molar-refractivity contribution is 7.91. The lowest BCUT2D eigenvalue weighted by Gasteiger charge is -2.28. The van der Waals surface area contributed by atoms with E-state index in [1.165, 1.54) is 4.68 Å². The van der Waals surface area contributed by atoms with Crippen LogP contribution in [0.25, 0.3) is 16.6 Å². The maximum atomic E-state index is 13.6. The van der Waals surface area contributed by atoms with Crippen molar-refractivity contribution in [2.75, 3.05) is 29.5 Å². The van der Waals surface area contributed by atoms with Crippen LogP contribution >= 0.6 is 0 Å². The van der Waals surface area contributed by atoms with Crippen molar-refractivity contribution in [3.63, 3.8) is 0 Å². The Labute approximate surface area is 148 Å². The van der Waals surface area contributed by atoms with Gasteiger partial charge in [0.15, 0.2) is 27.2 Å². The van der Waals surface area contributed by atoms with Gasteiger partial charge in [-0.05, 0) is 18.2 Å². The van der Waals surface area contributed by atoms with Crippen LogP contribution in [-0.2, 0) is 9.84 Å². The first-order chi connectivity index (χ1) is 12.3. The Morgan fingerprint density at radius 3 is 2.46 bits per heavy atom. The molecule has 1 saturated heterocycles. The lowest BCUT2D eigenvalue weighted by Crippen LogP contribution is -2.40. The SMILES string of the molecule is O=S1(=O)CCN(c2ccc3c(cnn3-c3cc(O)c(F)c(F)c3)c2)CC1. The van der Waals surface area contributed by atoms with E-state index in [2.05, 4.69) is 5.10 Å². The van der Waals surface area contributed by atoms with Gasteiger partial charge in [0, 0.05) is 36.3 Å². The van der Waals surface area contributed by atoms with E-state index in [-0.39, 0.29) is 17.2 Å². The molecule has 1 aromatic heterocycles. The molecule has 1 aliphatic rings. The lowest BCUT2D eigenvalue weighted by molar-refractivity contribution is 0.406. The molecule has 0 spiro atoms. The van der Waals surface area contributed by atoms with Gasteiger partial charge in [0.1, 0.15) is 0 Å². The Morgan fingerprint density at radius 2 is 1.77 bits per heavy atom. The fourth-order valence-corrected chi connectivity index (χ4v) is 4.28. The fraction of sp³-hybridized carbons (Fsp3) is 0.235. The molecule has 0 radical (unpaired) electrons. The summed E-state index contributed by atoms with van der Waals surface area (Å²) < 4.78 is 51.4. The number of benzene rings is 2. The summed E-state index contributed by atoms with van der Waals surface area (Å²) in [7, 11) is -2.96. The van der Waals surface area contributed by atoms with Crippen molar-refractivity contribution in [3.8, 4) is 11.4 Å². The molecule has 1 aliphatic heterocycles. The molecular formula is C17H15F2N3O3S. The minimum Gasteiger partial charge on any atom is -0.505 e. The van der Waals surface area contributed by atoms with Crippen LogP contribution in [0.1, 0.15) is 0 Å². The van der Waals surface area contributed by atoms with E-state index in [9.17, 15) is 22.3 Å². The Hall–Kier alpha value is -2.68. The highest BCUT2D eigenvalue weighted by atomic mass is 32.2. The highest BCUT2D eigenvalue weighted by Gasteiger charge is 2.22. The standard InChI is InChI=1S/C17H15F2N3O3S/c18-14-8-13(9-16(23)17(14)19)22-15-2-1-12(7-11(15)10-20-22)21-3-5-26(24,25)6-4-21/h1-2,7-10,23H,3-6H2. The van der Waals surface area contributed by atoms with Crippen molar-refractivity contribution in [2.24, 2.45) is 0 Å². The summed E-state index contributed by atoms with van der Waals surface area (Å²) in [6, 6.07) is 7.55. The second-order valence-corrected chi connectivity index (χ2v) is 8.50. The molecule has 3 aromatic rings. The number of aromatic nitrogens is 2. The number of phenols is 1. The van der Waals surface area contributed by atoms with Gasteiger partial charge in [-0.25, -0.2) is 17.5 Å². The monoisotopic (exact) mass is 379 g/mol. The van der Waals surface area contributed by atoms with Crippen LogP contribution in [0, 0.1) is 11.6 Å². The van der Waals surface area contributed by atoms with Gasteiger partial charge in [-0.1, -0.05) is 0 Å². The van der Waals surface area contributed by atoms with Crippen LogP contribution < -0.4 is 4.90 Å². The van der Waals surface area contributed by atoms with E-state index in [1.54, 1.807) is 12.3 Å². The second-order valence-electron chi connectivity index (χ2n) is 6.20. The zero-order valence-corrected chi connectivity index (χ0v) is 14.4. The van der Waals surface area contributed by atoms with Gasteiger partial charge in [0.05, 0.1) is 28.9 Å². The Morgan fingerprint density at radius 1 is 1.04 bits per heavy atom. The average Bonchev–Trinajstić information content (AvgIpc) is 3.02. The number of fused-ring (bicyclic) bond motifs is 1. The van der Waals surface area contributed by atoms with Crippen LogP contribution in [-0.4, -0.2) is 47.9 Å². The highest BCUT2D eigenvalue weighted by Crippen LogP contribution is 2.28. The average molecular weight is 379 g/mol. The van der Waals surface area contributed by atoms with Crippen molar-refractivity contribution in [3.05, 3.63) is 48.2 Å². The molecule has 2 aromatic carbocycles. The zero-order chi connectivity index (χ0) is 18.5. The fourth-order valence-electron chi connectivity index (χ4n) is 3.08. The molecule has 6 nitrogen and oxygen atoms in total. The Bertz CT molecular complexity index is 1070. The molecule has 1 fully saturated rings. The van der Waals surface area contributed by atoms with Crippen LogP contribution in [0.3, 0.4) is 0 Å². The largest absolute Gasteiger partial charge is 0.505 e. The number of anilines is 1. The summed E-state index contributed by atoms with van der Waals surface area (Å²) >= 11 is 0. The Kier molecular flexibility index (Phi) is 3.83. The third-order valence-corrected chi connectivity index (χ3v) is 6.11. The normalized spacial score (nSPS) is 16.9. The van der Waals surface area contributed by atoms with E-state index < -0.39 is 27.2 Å². The maximum Gasteiger partial charge on any atom is 0.200 e. The first-order valence-electron chi connectivity index (χ1n) is 7.96. The third kappa shape index (κ3) is 2.88. The van der Waals surface area contributed by atoms with Gasteiger partial charge < -0.3 is 10.0 Å². The predicted molar refractivity (Wildman–Crippen MR) is 93.5 cm³/mol. The summed E-state index contributed by atoms with van der Waals surface area (Å²) in [5.74, 6) is -2.99. The van der Waals surface area contributed by atoms with Gasteiger partial charge in [-0.15, -0.1) is 0 Å². The third-order valence-electron chi connectivity index (χ3n) is 4.50. The molecule has 2 heterocycles. The van der Waals surface area contributed by atoms with Crippen LogP contribution in [0.15, 0.2) is 36.5 Å².